The van der Waals surface area contributed by atoms with Gasteiger partial charge in [-0.3, -0.25) is 4.79 Å². The number of hydrogen-bond acceptors (Lipinski definition) is 7. The monoisotopic (exact) mass is 433 g/mol. The summed E-state index contributed by atoms with van der Waals surface area (Å²) in [6.07, 6.45) is 2.00. The zero-order chi connectivity index (χ0) is 19.6. The van der Waals surface area contributed by atoms with Crippen molar-refractivity contribution in [3.63, 3.8) is 0 Å². The van der Waals surface area contributed by atoms with Crippen LogP contribution >= 0.6 is 23.1 Å². The Morgan fingerprint density at radius 1 is 1.21 bits per heavy atom. The first-order chi connectivity index (χ1) is 13.5. The molecule has 1 aliphatic heterocycles. The summed E-state index contributed by atoms with van der Waals surface area (Å²) < 4.78 is 23.9. The van der Waals surface area contributed by atoms with E-state index in [4.69, 9.17) is 0 Å². The van der Waals surface area contributed by atoms with Gasteiger partial charge >= 0.3 is 0 Å². The summed E-state index contributed by atoms with van der Waals surface area (Å²) in [6, 6.07) is 11.4. The fourth-order valence-corrected chi connectivity index (χ4v) is 6.71. The number of fused-ring (bicyclic) bond motifs is 1. The van der Waals surface area contributed by atoms with Gasteiger partial charge in [0, 0.05) is 18.0 Å². The quantitative estimate of drug-likeness (QED) is 0.439. The summed E-state index contributed by atoms with van der Waals surface area (Å²) in [5, 5.41) is 3.68. The molecule has 0 spiro atoms. The highest BCUT2D eigenvalue weighted by atomic mass is 32.2. The lowest BCUT2D eigenvalue weighted by Gasteiger charge is -2.28. The first-order valence-corrected chi connectivity index (χ1v) is 12.6. The summed E-state index contributed by atoms with van der Waals surface area (Å²) in [7, 11) is -3.07. The predicted octanol–water partition coefficient (Wildman–Crippen LogP) is 3.00. The van der Waals surface area contributed by atoms with Gasteiger partial charge in [-0.2, -0.15) is 0 Å². The molecular formula is C19H19N3O3S3. The Hall–Kier alpha value is -1.97. The molecule has 1 amide bonds. The van der Waals surface area contributed by atoms with Gasteiger partial charge in [0.1, 0.15) is 16.2 Å². The lowest BCUT2D eigenvalue weighted by atomic mass is 10.1. The molecule has 28 heavy (non-hydrogen) atoms. The standard InChI is InChI=1S/C19H19N3O3S3/c23-17(11-27-19-16-6-8-26-18(16)20-13-21-19)22(10-14-4-2-1-3-5-14)15-7-9-28(24,25)12-15/h1-6,8,13,15H,7,9-12H2/t15-/m1/s1. The van der Waals surface area contributed by atoms with Crippen molar-refractivity contribution in [2.75, 3.05) is 17.3 Å². The summed E-state index contributed by atoms with van der Waals surface area (Å²) in [5.41, 5.74) is 0.993. The molecule has 0 N–H and O–H groups in total. The maximum atomic E-state index is 13.1. The minimum atomic E-state index is -3.07. The van der Waals surface area contributed by atoms with Crippen LogP contribution in [0.15, 0.2) is 53.1 Å². The molecule has 2 aromatic heterocycles. The van der Waals surface area contributed by atoms with Gasteiger partial charge in [-0.1, -0.05) is 42.1 Å². The molecule has 1 aliphatic rings. The second kappa shape index (κ2) is 8.18. The highest BCUT2D eigenvalue weighted by molar-refractivity contribution is 8.00. The molecule has 146 valence electrons. The molecule has 1 aromatic carbocycles. The number of amides is 1. The van der Waals surface area contributed by atoms with Crippen LogP contribution in [0.3, 0.4) is 0 Å². The zero-order valence-corrected chi connectivity index (χ0v) is 17.5. The van der Waals surface area contributed by atoms with E-state index in [-0.39, 0.29) is 29.2 Å². The maximum absolute atomic E-state index is 13.1. The van der Waals surface area contributed by atoms with Crippen molar-refractivity contribution in [2.45, 2.75) is 24.0 Å². The molecule has 0 radical (unpaired) electrons. The second-order valence-corrected chi connectivity index (χ2v) is 10.8. The van der Waals surface area contributed by atoms with Crippen LogP contribution in [0.4, 0.5) is 0 Å². The van der Waals surface area contributed by atoms with E-state index in [1.54, 1.807) is 4.90 Å². The van der Waals surface area contributed by atoms with Crippen LogP contribution in [0, 0.1) is 0 Å². The van der Waals surface area contributed by atoms with Gasteiger partial charge in [-0.25, -0.2) is 18.4 Å². The highest BCUT2D eigenvalue weighted by Crippen LogP contribution is 2.28. The van der Waals surface area contributed by atoms with E-state index >= 15 is 0 Å². The molecule has 0 aliphatic carbocycles. The van der Waals surface area contributed by atoms with E-state index in [0.717, 1.165) is 20.8 Å². The summed E-state index contributed by atoms with van der Waals surface area (Å²) >= 11 is 2.91. The van der Waals surface area contributed by atoms with E-state index in [1.165, 1.54) is 29.4 Å². The second-order valence-electron chi connectivity index (χ2n) is 6.67. The van der Waals surface area contributed by atoms with Gasteiger partial charge in [0.05, 0.1) is 17.3 Å². The van der Waals surface area contributed by atoms with Crippen molar-refractivity contribution < 1.29 is 13.2 Å². The number of thioether (sulfide) groups is 1. The molecule has 6 nitrogen and oxygen atoms in total. The molecule has 0 saturated carbocycles. The van der Waals surface area contributed by atoms with Crippen molar-refractivity contribution in [1.29, 1.82) is 0 Å². The number of nitrogens with zero attached hydrogens (tertiary/aromatic N) is 3. The largest absolute Gasteiger partial charge is 0.334 e. The summed E-state index contributed by atoms with van der Waals surface area (Å²) in [5.74, 6) is 0.326. The lowest BCUT2D eigenvalue weighted by Crippen LogP contribution is -2.41. The van der Waals surface area contributed by atoms with E-state index in [1.807, 2.05) is 41.8 Å². The first-order valence-electron chi connectivity index (χ1n) is 8.87. The molecule has 0 unspecified atom stereocenters. The Morgan fingerprint density at radius 2 is 2.04 bits per heavy atom. The zero-order valence-electron chi connectivity index (χ0n) is 15.0. The summed E-state index contributed by atoms with van der Waals surface area (Å²) in [4.78, 5) is 24.2. The number of benzene rings is 1. The van der Waals surface area contributed by atoms with Gasteiger partial charge in [-0.15, -0.1) is 11.3 Å². The average Bonchev–Trinajstić information content (AvgIpc) is 3.31. The fourth-order valence-electron chi connectivity index (χ4n) is 3.32. The lowest BCUT2D eigenvalue weighted by molar-refractivity contribution is -0.130. The van der Waals surface area contributed by atoms with Gasteiger partial charge in [0.15, 0.2) is 9.84 Å². The molecule has 1 atom stereocenters. The molecule has 9 heteroatoms. The number of carbonyl (C=O) groups excluding carboxylic acids is 1. The Bertz CT molecular complexity index is 1080. The van der Waals surface area contributed by atoms with E-state index in [0.29, 0.717) is 13.0 Å². The molecule has 1 saturated heterocycles. The minimum Gasteiger partial charge on any atom is -0.334 e. The van der Waals surface area contributed by atoms with Gasteiger partial charge in [0.25, 0.3) is 0 Å². The number of thiophene rings is 1. The van der Waals surface area contributed by atoms with E-state index < -0.39 is 9.84 Å². The van der Waals surface area contributed by atoms with E-state index in [9.17, 15) is 13.2 Å². The van der Waals surface area contributed by atoms with Crippen molar-refractivity contribution >= 4 is 49.1 Å². The van der Waals surface area contributed by atoms with Gasteiger partial charge < -0.3 is 4.90 Å². The van der Waals surface area contributed by atoms with Crippen molar-refractivity contribution in [2.24, 2.45) is 0 Å². The van der Waals surface area contributed by atoms with Gasteiger partial charge in [-0.05, 0) is 23.4 Å². The smallest absolute Gasteiger partial charge is 0.233 e. The Balaban J connectivity index is 1.52. The minimum absolute atomic E-state index is 0.0402. The van der Waals surface area contributed by atoms with Gasteiger partial charge in [0.2, 0.25) is 5.91 Å². The highest BCUT2D eigenvalue weighted by Gasteiger charge is 2.34. The molecule has 1 fully saturated rings. The fraction of sp³-hybridized carbons (Fsp3) is 0.316. The van der Waals surface area contributed by atoms with Crippen LogP contribution in [-0.2, 0) is 21.2 Å². The maximum Gasteiger partial charge on any atom is 0.233 e. The molecule has 0 bridgehead atoms. The normalized spacial score (nSPS) is 18.4. The van der Waals surface area contributed by atoms with Crippen LogP contribution in [-0.4, -0.2) is 52.5 Å². The molecule has 4 rings (SSSR count). The van der Waals surface area contributed by atoms with Crippen molar-refractivity contribution in [3.8, 4) is 0 Å². The third-order valence-corrected chi connectivity index (χ3v) is 8.28. The number of sulfone groups is 1. The predicted molar refractivity (Wildman–Crippen MR) is 112 cm³/mol. The topological polar surface area (TPSA) is 80.2 Å². The van der Waals surface area contributed by atoms with Crippen LogP contribution in [0.5, 0.6) is 0 Å². The van der Waals surface area contributed by atoms with Crippen LogP contribution in [0.2, 0.25) is 0 Å². The van der Waals surface area contributed by atoms with Crippen LogP contribution < -0.4 is 0 Å². The first kappa shape index (κ1) is 19.4. The van der Waals surface area contributed by atoms with Crippen molar-refractivity contribution in [3.05, 3.63) is 53.7 Å². The average molecular weight is 434 g/mol. The molecule has 3 aromatic rings. The third kappa shape index (κ3) is 4.37. The number of rotatable bonds is 6. The van der Waals surface area contributed by atoms with Crippen LogP contribution in [0.25, 0.3) is 10.2 Å². The Morgan fingerprint density at radius 3 is 2.79 bits per heavy atom. The Labute approximate surface area is 171 Å². The SMILES string of the molecule is O=C(CSc1ncnc2sccc12)N(Cc1ccccc1)[C@@H]1CCS(=O)(=O)C1. The van der Waals surface area contributed by atoms with Crippen molar-refractivity contribution in [1.82, 2.24) is 14.9 Å². The third-order valence-electron chi connectivity index (χ3n) is 4.72. The Kier molecular flexibility index (Phi) is 5.65. The number of aromatic nitrogens is 2. The van der Waals surface area contributed by atoms with Crippen LogP contribution in [0.1, 0.15) is 12.0 Å². The molecule has 3 heterocycles. The van der Waals surface area contributed by atoms with E-state index in [2.05, 4.69) is 9.97 Å². The number of hydrogen-bond donors (Lipinski definition) is 0. The molecular weight excluding hydrogens is 414 g/mol. The number of carbonyl (C=O) groups is 1. The summed E-state index contributed by atoms with van der Waals surface area (Å²) in [6.45, 7) is 0.415.